The van der Waals surface area contributed by atoms with E-state index in [0.29, 0.717) is 11.1 Å². The first-order valence-corrected chi connectivity index (χ1v) is 13.4. The molecule has 0 saturated heterocycles. The third-order valence-corrected chi connectivity index (χ3v) is 8.04. The van der Waals surface area contributed by atoms with Crippen molar-refractivity contribution in [3.8, 4) is 0 Å². The first-order valence-electron chi connectivity index (χ1n) is 6.24. The molecule has 1 aliphatic rings. The lowest BCUT2D eigenvalue weighted by atomic mass is 10.2. The van der Waals surface area contributed by atoms with Crippen molar-refractivity contribution in [2.75, 3.05) is 0 Å². The molecule has 0 aromatic rings. The van der Waals surface area contributed by atoms with Gasteiger partial charge in [0, 0.05) is 0 Å². The van der Waals surface area contributed by atoms with Crippen LogP contribution in [0.5, 0.6) is 0 Å². The Bertz CT molecular complexity index is 279. The van der Waals surface area contributed by atoms with Gasteiger partial charge < -0.3 is 0 Å². The van der Waals surface area contributed by atoms with Gasteiger partial charge in [-0.1, -0.05) is 75.7 Å². The molecule has 0 amide bonds. The van der Waals surface area contributed by atoms with Gasteiger partial charge in [-0.25, -0.2) is 0 Å². The minimum Gasteiger partial charge on any atom is -0.0840 e. The molecule has 2 unspecified atom stereocenters. The van der Waals surface area contributed by atoms with E-state index in [9.17, 15) is 0 Å². The standard InChI is InChI=1S/C14H26Si2/c1-15(2,3)13-9-7-8-10-14(12-11-13)16(4,5)6/h7-14H,1-6H3. The van der Waals surface area contributed by atoms with E-state index in [1.807, 2.05) is 0 Å². The zero-order chi connectivity index (χ0) is 12.4. The van der Waals surface area contributed by atoms with Crippen molar-refractivity contribution in [2.24, 2.45) is 0 Å². The van der Waals surface area contributed by atoms with Crippen molar-refractivity contribution < 1.29 is 0 Å². The summed E-state index contributed by atoms with van der Waals surface area (Å²) in [5.41, 5.74) is 1.38. The fourth-order valence-electron chi connectivity index (χ4n) is 1.89. The monoisotopic (exact) mass is 250 g/mol. The maximum absolute atomic E-state index is 2.47. The average Bonchev–Trinajstić information content (AvgIpc) is 1.96. The Balaban J connectivity index is 2.94. The summed E-state index contributed by atoms with van der Waals surface area (Å²) in [5.74, 6) is 0. The molecule has 0 aromatic heterocycles. The molecular formula is C14H26Si2. The Morgan fingerprint density at radius 1 is 0.562 bits per heavy atom. The minimum absolute atomic E-state index is 0.691. The van der Waals surface area contributed by atoms with E-state index in [0.717, 1.165) is 0 Å². The van der Waals surface area contributed by atoms with Crippen LogP contribution in [0.2, 0.25) is 50.4 Å². The van der Waals surface area contributed by atoms with Crippen LogP contribution >= 0.6 is 0 Å². The van der Waals surface area contributed by atoms with Crippen molar-refractivity contribution in [2.45, 2.75) is 50.4 Å². The molecule has 0 radical (unpaired) electrons. The summed E-state index contributed by atoms with van der Waals surface area (Å²) in [6.45, 7) is 14.7. The molecular weight excluding hydrogens is 224 g/mol. The van der Waals surface area contributed by atoms with Crippen LogP contribution in [0.15, 0.2) is 36.5 Å². The van der Waals surface area contributed by atoms with Gasteiger partial charge in [-0.15, -0.1) is 0 Å². The van der Waals surface area contributed by atoms with Gasteiger partial charge in [-0.3, -0.25) is 0 Å². The largest absolute Gasteiger partial charge is 0.0840 e. The van der Waals surface area contributed by atoms with E-state index >= 15 is 0 Å². The summed E-state index contributed by atoms with van der Waals surface area (Å²) in [6, 6.07) is 0. The Morgan fingerprint density at radius 3 is 1.12 bits per heavy atom. The van der Waals surface area contributed by atoms with Crippen LogP contribution in [-0.4, -0.2) is 16.1 Å². The van der Waals surface area contributed by atoms with Gasteiger partial charge in [-0.2, -0.15) is 0 Å². The summed E-state index contributed by atoms with van der Waals surface area (Å²) in [7, 11) is -2.18. The highest BCUT2D eigenvalue weighted by Gasteiger charge is 2.25. The van der Waals surface area contributed by atoms with Gasteiger partial charge in [0.2, 0.25) is 0 Å². The first-order chi connectivity index (χ1) is 7.21. The van der Waals surface area contributed by atoms with Gasteiger partial charge in [0.1, 0.15) is 0 Å². The lowest BCUT2D eigenvalue weighted by Crippen LogP contribution is -2.28. The molecule has 0 nitrogen and oxygen atoms in total. The van der Waals surface area contributed by atoms with E-state index in [2.05, 4.69) is 75.7 Å². The van der Waals surface area contributed by atoms with Gasteiger partial charge in [-0.05, 0) is 11.1 Å². The molecule has 0 heterocycles. The van der Waals surface area contributed by atoms with Crippen molar-refractivity contribution in [3.63, 3.8) is 0 Å². The first kappa shape index (κ1) is 13.7. The van der Waals surface area contributed by atoms with Crippen LogP contribution < -0.4 is 0 Å². The Hall–Kier alpha value is -0.346. The lowest BCUT2D eigenvalue weighted by molar-refractivity contribution is 1.18. The van der Waals surface area contributed by atoms with Crippen LogP contribution in [0.25, 0.3) is 0 Å². The smallest absolute Gasteiger partial charge is 0.0557 e. The highest BCUT2D eigenvalue weighted by molar-refractivity contribution is 6.79. The molecule has 0 saturated carbocycles. The van der Waals surface area contributed by atoms with Crippen molar-refractivity contribution in [1.29, 1.82) is 0 Å². The van der Waals surface area contributed by atoms with Crippen molar-refractivity contribution in [1.82, 2.24) is 0 Å². The van der Waals surface area contributed by atoms with E-state index in [1.54, 1.807) is 0 Å². The fraction of sp³-hybridized carbons (Fsp3) is 0.571. The van der Waals surface area contributed by atoms with E-state index in [-0.39, 0.29) is 0 Å². The lowest BCUT2D eigenvalue weighted by Gasteiger charge is -2.27. The topological polar surface area (TPSA) is 0 Å². The molecule has 0 bridgehead atoms. The second kappa shape index (κ2) is 4.88. The molecule has 1 rings (SSSR count). The Kier molecular flexibility index (Phi) is 4.19. The van der Waals surface area contributed by atoms with E-state index in [4.69, 9.17) is 0 Å². The molecule has 2 atom stereocenters. The number of rotatable bonds is 2. The molecule has 0 N–H and O–H groups in total. The molecule has 90 valence electrons. The van der Waals surface area contributed by atoms with Crippen molar-refractivity contribution in [3.05, 3.63) is 36.5 Å². The van der Waals surface area contributed by atoms with Gasteiger partial charge >= 0.3 is 0 Å². The predicted octanol–water partition coefficient (Wildman–Crippen LogP) is 5.09. The van der Waals surface area contributed by atoms with E-state index in [1.165, 1.54) is 0 Å². The van der Waals surface area contributed by atoms with Gasteiger partial charge in [0.15, 0.2) is 0 Å². The zero-order valence-electron chi connectivity index (χ0n) is 11.6. The second-order valence-corrected chi connectivity index (χ2v) is 17.7. The molecule has 0 aromatic carbocycles. The predicted molar refractivity (Wildman–Crippen MR) is 81.6 cm³/mol. The normalized spacial score (nSPS) is 26.6. The third kappa shape index (κ3) is 3.91. The quantitative estimate of drug-likeness (QED) is 0.473. The van der Waals surface area contributed by atoms with Crippen LogP contribution in [-0.2, 0) is 0 Å². The molecule has 16 heavy (non-hydrogen) atoms. The average molecular weight is 251 g/mol. The number of hydrogen-bond donors (Lipinski definition) is 0. The van der Waals surface area contributed by atoms with Gasteiger partial charge in [0.05, 0.1) is 16.1 Å². The summed E-state index contributed by atoms with van der Waals surface area (Å²) >= 11 is 0. The molecule has 0 aliphatic heterocycles. The Labute approximate surface area is 103 Å². The maximum atomic E-state index is 2.47. The number of allylic oxidation sites excluding steroid dienone is 6. The Morgan fingerprint density at radius 2 is 0.875 bits per heavy atom. The highest BCUT2D eigenvalue weighted by Crippen LogP contribution is 2.31. The van der Waals surface area contributed by atoms with E-state index < -0.39 is 16.1 Å². The number of hydrogen-bond acceptors (Lipinski definition) is 0. The van der Waals surface area contributed by atoms with Crippen molar-refractivity contribution >= 4 is 16.1 Å². The van der Waals surface area contributed by atoms with Gasteiger partial charge in [0.25, 0.3) is 0 Å². The molecule has 0 spiro atoms. The minimum atomic E-state index is -1.09. The highest BCUT2D eigenvalue weighted by atomic mass is 28.3. The van der Waals surface area contributed by atoms with Crippen LogP contribution in [0.4, 0.5) is 0 Å². The third-order valence-electron chi connectivity index (χ3n) is 3.27. The summed E-state index contributed by atoms with van der Waals surface area (Å²) in [6.07, 6.45) is 14.2. The van der Waals surface area contributed by atoms with Crippen LogP contribution in [0.3, 0.4) is 0 Å². The summed E-state index contributed by atoms with van der Waals surface area (Å²) in [4.78, 5) is 0. The zero-order valence-corrected chi connectivity index (χ0v) is 13.6. The van der Waals surface area contributed by atoms with Crippen LogP contribution in [0, 0.1) is 0 Å². The molecule has 1 aliphatic carbocycles. The van der Waals surface area contributed by atoms with Crippen LogP contribution in [0.1, 0.15) is 0 Å². The summed E-state index contributed by atoms with van der Waals surface area (Å²) < 4.78 is 0. The molecule has 0 fully saturated rings. The SMILES string of the molecule is C[Si](C)(C)C1C=CC=CC([Si](C)(C)C)C=C1. The fourth-order valence-corrected chi connectivity index (χ4v) is 4.64. The molecule has 2 heteroatoms. The second-order valence-electron chi connectivity index (χ2n) is 6.94. The maximum Gasteiger partial charge on any atom is 0.0557 e. The summed E-state index contributed by atoms with van der Waals surface area (Å²) in [5, 5.41) is 0.